The molecule has 0 aliphatic heterocycles. The minimum atomic E-state index is -4.46. The van der Waals surface area contributed by atoms with Crippen LogP contribution in [0, 0.1) is 12.7 Å². The Kier molecular flexibility index (Phi) is 9.99. The molecule has 0 spiro atoms. The van der Waals surface area contributed by atoms with E-state index in [-0.39, 0.29) is 31.1 Å². The van der Waals surface area contributed by atoms with E-state index in [0.717, 1.165) is 11.6 Å². The maximum Gasteiger partial charge on any atom is 0.502 e. The van der Waals surface area contributed by atoms with E-state index < -0.39 is 27.4 Å². The molecule has 36 heavy (non-hydrogen) atoms. The average Bonchev–Trinajstić information content (AvgIpc) is 3.20. The van der Waals surface area contributed by atoms with E-state index in [2.05, 4.69) is 14.3 Å². The largest absolute Gasteiger partial charge is 0.502 e. The van der Waals surface area contributed by atoms with Gasteiger partial charge in [-0.25, -0.2) is 13.9 Å². The van der Waals surface area contributed by atoms with Gasteiger partial charge in [0.1, 0.15) is 5.76 Å². The van der Waals surface area contributed by atoms with Crippen molar-refractivity contribution >= 4 is 15.4 Å². The number of oxazole rings is 1. The first-order chi connectivity index (χ1) is 17.1. The zero-order valence-corrected chi connectivity index (χ0v) is 21.9. The molecule has 0 aliphatic rings. The van der Waals surface area contributed by atoms with Crippen LogP contribution in [0.5, 0.6) is 5.75 Å². The number of hydrogen-bond donors (Lipinski definition) is 1. The number of nitrogens with zero attached hydrogens (tertiary/aromatic N) is 1. The zero-order chi connectivity index (χ0) is 26.2. The monoisotopic (exact) mass is 543 g/mol. The van der Waals surface area contributed by atoms with Gasteiger partial charge in [-0.2, -0.15) is 0 Å². The summed E-state index contributed by atoms with van der Waals surface area (Å²) >= 11 is 0. The number of rotatable bonds is 14. The van der Waals surface area contributed by atoms with E-state index in [9.17, 15) is 18.4 Å². The van der Waals surface area contributed by atoms with Crippen molar-refractivity contribution in [3.05, 3.63) is 71.4 Å². The van der Waals surface area contributed by atoms with Gasteiger partial charge in [0.2, 0.25) is 5.89 Å². The van der Waals surface area contributed by atoms with Crippen LogP contribution in [-0.2, 0) is 40.1 Å². The van der Waals surface area contributed by atoms with Crippen LogP contribution in [-0.4, -0.2) is 29.7 Å². The second-order valence-electron chi connectivity index (χ2n) is 7.48. The summed E-state index contributed by atoms with van der Waals surface area (Å²) in [5, 5.41) is 0. The van der Waals surface area contributed by atoms with Gasteiger partial charge in [0, 0.05) is 12.0 Å². The van der Waals surface area contributed by atoms with Gasteiger partial charge in [-0.15, -0.1) is 9.35 Å². The SMILES string of the molecule is CCOP(=O)(OCC)OOP(=O)(O)Cc1ccc(OCCc2nc(-c3ccccc3)oc2C)c(F)c1. The zero-order valence-electron chi connectivity index (χ0n) is 20.1. The van der Waals surface area contributed by atoms with Crippen LogP contribution in [0.3, 0.4) is 0 Å². The lowest BCUT2D eigenvalue weighted by Gasteiger charge is -2.17. The third-order valence-electron chi connectivity index (χ3n) is 4.70. The summed E-state index contributed by atoms with van der Waals surface area (Å²) in [4.78, 5) is 14.5. The number of phosphoric acid groups is 1. The molecule has 1 heterocycles. The molecule has 1 aromatic heterocycles. The number of aryl methyl sites for hydroxylation is 1. The van der Waals surface area contributed by atoms with Crippen LogP contribution in [0.15, 0.2) is 52.9 Å². The molecule has 0 saturated carbocycles. The van der Waals surface area contributed by atoms with Crippen LogP contribution in [0.4, 0.5) is 4.39 Å². The summed E-state index contributed by atoms with van der Waals surface area (Å²) in [6.07, 6.45) is -0.219. The normalized spacial score (nSPS) is 13.5. The topological polar surface area (TPSA) is 127 Å². The molecule has 0 radical (unpaired) electrons. The van der Waals surface area contributed by atoms with Gasteiger partial charge in [0.15, 0.2) is 11.6 Å². The standard InChI is InChI=1S/C23H28FNO9P2/c1-4-30-36(28,31-5-2)34-33-35(26,27)16-18-11-12-22(20(24)15-18)29-14-13-21-17(3)32-23(25-21)19-9-7-6-8-10-19/h6-12,15H,4-5,13-14,16H2,1-3H3,(H,26,27). The van der Waals surface area contributed by atoms with Gasteiger partial charge in [0.05, 0.1) is 31.7 Å². The predicted octanol–water partition coefficient (Wildman–Crippen LogP) is 6.23. The fourth-order valence-electron chi connectivity index (χ4n) is 3.13. The van der Waals surface area contributed by atoms with Crippen LogP contribution in [0.1, 0.15) is 30.9 Å². The summed E-state index contributed by atoms with van der Waals surface area (Å²) in [6, 6.07) is 13.2. The highest BCUT2D eigenvalue weighted by Crippen LogP contribution is 2.56. The van der Waals surface area contributed by atoms with Crippen molar-refractivity contribution in [2.75, 3.05) is 19.8 Å². The molecule has 2 aromatic carbocycles. The molecule has 0 amide bonds. The smallest absolute Gasteiger partial charge is 0.490 e. The third kappa shape index (κ3) is 8.08. The van der Waals surface area contributed by atoms with Crippen molar-refractivity contribution in [1.82, 2.24) is 4.98 Å². The second-order valence-corrected chi connectivity index (χ2v) is 10.8. The maximum atomic E-state index is 14.5. The summed E-state index contributed by atoms with van der Waals surface area (Å²) < 4.78 is 68.9. The van der Waals surface area contributed by atoms with Crippen molar-refractivity contribution in [2.24, 2.45) is 0 Å². The Balaban J connectivity index is 1.55. The first-order valence-electron chi connectivity index (χ1n) is 11.2. The minimum Gasteiger partial charge on any atom is -0.490 e. The Morgan fingerprint density at radius 1 is 1.03 bits per heavy atom. The Bertz CT molecular complexity index is 1230. The highest BCUT2D eigenvalue weighted by Gasteiger charge is 2.33. The molecular weight excluding hydrogens is 515 g/mol. The molecular formula is C23H28FNO9P2. The average molecular weight is 543 g/mol. The summed E-state index contributed by atoms with van der Waals surface area (Å²) in [5.74, 6) is 0.374. The third-order valence-corrected chi connectivity index (χ3v) is 7.30. The number of halogens is 1. The van der Waals surface area contributed by atoms with E-state index in [4.69, 9.17) is 18.2 Å². The van der Waals surface area contributed by atoms with Gasteiger partial charge in [-0.1, -0.05) is 24.3 Å². The number of hydrogen-bond acceptors (Lipinski definition) is 9. The van der Waals surface area contributed by atoms with Gasteiger partial charge >= 0.3 is 15.4 Å². The minimum absolute atomic E-state index is 0.0343. The van der Waals surface area contributed by atoms with Crippen molar-refractivity contribution in [1.29, 1.82) is 0 Å². The molecule has 0 fully saturated rings. The number of phosphoric ester groups is 1. The molecule has 3 rings (SSSR count). The summed E-state index contributed by atoms with van der Waals surface area (Å²) in [6.45, 7) is 4.94. The van der Waals surface area contributed by atoms with Gasteiger partial charge in [-0.3, -0.25) is 13.6 Å². The molecule has 1 unspecified atom stereocenters. The van der Waals surface area contributed by atoms with Gasteiger partial charge < -0.3 is 14.0 Å². The molecule has 1 atom stereocenters. The first-order valence-corrected chi connectivity index (χ1v) is 14.4. The summed E-state index contributed by atoms with van der Waals surface area (Å²) in [5.41, 5.74) is 1.68. The lowest BCUT2D eigenvalue weighted by Crippen LogP contribution is -2.05. The van der Waals surface area contributed by atoms with E-state index >= 15 is 0 Å². The quantitative estimate of drug-likeness (QED) is 0.142. The molecule has 0 aliphatic carbocycles. The first kappa shape index (κ1) is 28.2. The van der Waals surface area contributed by atoms with Crippen molar-refractivity contribution < 1.29 is 46.0 Å². The maximum absolute atomic E-state index is 14.5. The van der Waals surface area contributed by atoms with E-state index in [1.54, 1.807) is 6.92 Å². The van der Waals surface area contributed by atoms with E-state index in [1.807, 2.05) is 30.3 Å². The van der Waals surface area contributed by atoms with Gasteiger partial charge in [0.25, 0.3) is 0 Å². The molecule has 0 saturated heterocycles. The second kappa shape index (κ2) is 12.7. The highest BCUT2D eigenvalue weighted by atomic mass is 31.2. The van der Waals surface area contributed by atoms with Crippen LogP contribution < -0.4 is 4.74 Å². The van der Waals surface area contributed by atoms with Crippen molar-refractivity contribution in [3.63, 3.8) is 0 Å². The number of benzene rings is 2. The molecule has 10 nitrogen and oxygen atoms in total. The van der Waals surface area contributed by atoms with Crippen molar-refractivity contribution in [3.8, 4) is 17.2 Å². The Labute approximate surface area is 208 Å². The molecule has 3 aromatic rings. The Morgan fingerprint density at radius 3 is 2.36 bits per heavy atom. The predicted molar refractivity (Wildman–Crippen MR) is 129 cm³/mol. The number of ether oxygens (including phenoxy) is 1. The lowest BCUT2D eigenvalue weighted by molar-refractivity contribution is -0.139. The Morgan fingerprint density at radius 2 is 1.72 bits per heavy atom. The van der Waals surface area contributed by atoms with Gasteiger partial charge in [-0.05, 0) is 50.6 Å². The molecule has 1 N–H and O–H groups in total. The van der Waals surface area contributed by atoms with E-state index in [0.29, 0.717) is 23.8 Å². The van der Waals surface area contributed by atoms with E-state index in [1.165, 1.54) is 26.0 Å². The molecule has 0 bridgehead atoms. The lowest BCUT2D eigenvalue weighted by atomic mass is 10.2. The fraction of sp³-hybridized carbons (Fsp3) is 0.348. The fourth-order valence-corrected chi connectivity index (χ4v) is 5.38. The molecule has 13 heteroatoms. The number of aromatic nitrogens is 1. The van der Waals surface area contributed by atoms with Crippen LogP contribution in [0.25, 0.3) is 11.5 Å². The molecule has 196 valence electrons. The summed E-state index contributed by atoms with van der Waals surface area (Å²) in [7, 11) is -8.62. The highest BCUT2D eigenvalue weighted by molar-refractivity contribution is 7.53. The Hall–Kier alpha value is -2.36. The van der Waals surface area contributed by atoms with Crippen LogP contribution in [0.2, 0.25) is 0 Å². The van der Waals surface area contributed by atoms with Crippen molar-refractivity contribution in [2.45, 2.75) is 33.4 Å². The van der Waals surface area contributed by atoms with Crippen LogP contribution >= 0.6 is 15.4 Å².